The Kier molecular flexibility index (Phi) is 1.92. The highest BCUT2D eigenvalue weighted by Gasteiger charge is 2.31. The van der Waals surface area contributed by atoms with E-state index in [1.54, 1.807) is 0 Å². The van der Waals surface area contributed by atoms with Crippen molar-refractivity contribution in [3.05, 3.63) is 0 Å². The van der Waals surface area contributed by atoms with Gasteiger partial charge in [-0.3, -0.25) is 4.79 Å². The number of ether oxygens (including phenoxy) is 1. The predicted octanol–water partition coefficient (Wildman–Crippen LogP) is -0.0461. The molecule has 2 atom stereocenters. The summed E-state index contributed by atoms with van der Waals surface area (Å²) in [4.78, 5) is 11.0. The maximum absolute atomic E-state index is 11.0. The summed E-state index contributed by atoms with van der Waals surface area (Å²) in [5, 5.41) is 3.26. The van der Waals surface area contributed by atoms with E-state index in [0.29, 0.717) is 18.6 Å². The van der Waals surface area contributed by atoms with Gasteiger partial charge in [0, 0.05) is 13.0 Å². The number of hydrogen-bond acceptors (Lipinski definition) is 3. The van der Waals surface area contributed by atoms with E-state index in [1.807, 2.05) is 0 Å². The molecule has 11 heavy (non-hydrogen) atoms. The van der Waals surface area contributed by atoms with Crippen molar-refractivity contribution in [1.82, 2.24) is 5.32 Å². The number of fused-ring (bicyclic) bond motifs is 1. The topological polar surface area (TPSA) is 38.3 Å². The van der Waals surface area contributed by atoms with Crippen LogP contribution in [0.25, 0.3) is 0 Å². The summed E-state index contributed by atoms with van der Waals surface area (Å²) < 4.78 is 5.38. The molecule has 3 heteroatoms. The molecule has 0 saturated carbocycles. The second-order valence-electron chi connectivity index (χ2n) is 3.35. The summed E-state index contributed by atoms with van der Waals surface area (Å²) in [6, 6.07) is 0. The molecule has 0 bridgehead atoms. The third-order valence-electron chi connectivity index (χ3n) is 2.51. The molecule has 0 amide bonds. The lowest BCUT2D eigenvalue weighted by atomic mass is 9.88. The normalized spacial score (nSPS) is 38.4. The quantitative estimate of drug-likeness (QED) is 0.533. The van der Waals surface area contributed by atoms with E-state index in [9.17, 15) is 4.79 Å². The lowest BCUT2D eigenvalue weighted by Gasteiger charge is -2.34. The largest absolute Gasteiger partial charge is 0.369 e. The van der Waals surface area contributed by atoms with Crippen molar-refractivity contribution < 1.29 is 9.53 Å². The Morgan fingerprint density at radius 1 is 1.55 bits per heavy atom. The molecule has 0 aromatic heterocycles. The van der Waals surface area contributed by atoms with E-state index in [1.165, 1.54) is 0 Å². The molecule has 2 aliphatic rings. The molecule has 62 valence electrons. The molecule has 0 spiro atoms. The minimum atomic E-state index is 0.271. The van der Waals surface area contributed by atoms with Crippen LogP contribution in [0.4, 0.5) is 0 Å². The number of piperidine rings is 1. The molecule has 2 saturated heterocycles. The Hall–Kier alpha value is -0.410. The van der Waals surface area contributed by atoms with Gasteiger partial charge in [-0.2, -0.15) is 0 Å². The molecule has 0 aliphatic carbocycles. The molecule has 3 nitrogen and oxygen atoms in total. The third-order valence-corrected chi connectivity index (χ3v) is 2.51. The Bertz CT molecular complexity index is 169. The summed E-state index contributed by atoms with van der Waals surface area (Å²) in [5.74, 6) is 0.769. The van der Waals surface area contributed by atoms with Crippen molar-refractivity contribution in [3.63, 3.8) is 0 Å². The molecule has 1 N–H and O–H groups in total. The Balaban J connectivity index is 1.98. The lowest BCUT2D eigenvalue weighted by molar-refractivity contribution is -0.137. The van der Waals surface area contributed by atoms with E-state index in [2.05, 4.69) is 5.32 Å². The fourth-order valence-electron chi connectivity index (χ4n) is 1.86. The summed E-state index contributed by atoms with van der Waals surface area (Å²) in [7, 11) is 0. The van der Waals surface area contributed by atoms with Gasteiger partial charge in [-0.15, -0.1) is 0 Å². The van der Waals surface area contributed by atoms with Crippen molar-refractivity contribution in [2.75, 3.05) is 19.7 Å². The highest BCUT2D eigenvalue weighted by Crippen LogP contribution is 2.23. The monoisotopic (exact) mass is 155 g/mol. The Morgan fingerprint density at radius 3 is 3.36 bits per heavy atom. The minimum Gasteiger partial charge on any atom is -0.369 e. The molecular formula is C8H13NO2. The van der Waals surface area contributed by atoms with Crippen molar-refractivity contribution in [1.29, 1.82) is 0 Å². The summed E-state index contributed by atoms with van der Waals surface area (Å²) >= 11 is 0. The van der Waals surface area contributed by atoms with Crippen LogP contribution in [0.15, 0.2) is 0 Å². The highest BCUT2D eigenvalue weighted by molar-refractivity contribution is 5.80. The molecule has 2 fully saturated rings. The lowest BCUT2D eigenvalue weighted by Crippen LogP contribution is -2.46. The molecule has 2 unspecified atom stereocenters. The average molecular weight is 155 g/mol. The molecule has 0 radical (unpaired) electrons. The zero-order chi connectivity index (χ0) is 7.68. The van der Waals surface area contributed by atoms with Gasteiger partial charge in [-0.1, -0.05) is 0 Å². The number of carbonyl (C=O) groups excluding carboxylic acids is 1. The Morgan fingerprint density at radius 2 is 2.45 bits per heavy atom. The van der Waals surface area contributed by atoms with Gasteiger partial charge in [0.1, 0.15) is 6.61 Å². The van der Waals surface area contributed by atoms with Gasteiger partial charge in [0.25, 0.3) is 0 Å². The van der Waals surface area contributed by atoms with Crippen LogP contribution in [0.1, 0.15) is 12.8 Å². The van der Waals surface area contributed by atoms with Crippen LogP contribution in [-0.2, 0) is 9.53 Å². The van der Waals surface area contributed by atoms with Gasteiger partial charge in [0.15, 0.2) is 5.78 Å². The van der Waals surface area contributed by atoms with Crippen LogP contribution < -0.4 is 5.32 Å². The number of Topliss-reactive ketones (excluding diaryl/α,β-unsaturated/α-hetero) is 1. The van der Waals surface area contributed by atoms with Gasteiger partial charge >= 0.3 is 0 Å². The first-order valence-corrected chi connectivity index (χ1v) is 4.20. The van der Waals surface area contributed by atoms with Gasteiger partial charge in [-0.25, -0.2) is 0 Å². The number of rotatable bonds is 0. The maximum atomic E-state index is 11.0. The van der Waals surface area contributed by atoms with Gasteiger partial charge in [-0.05, 0) is 18.9 Å². The first kappa shape index (κ1) is 7.25. The minimum absolute atomic E-state index is 0.271. The number of ketones is 1. The zero-order valence-corrected chi connectivity index (χ0v) is 6.51. The summed E-state index contributed by atoms with van der Waals surface area (Å²) in [6.45, 7) is 2.30. The highest BCUT2D eigenvalue weighted by atomic mass is 16.5. The molecule has 2 aliphatic heterocycles. The molecule has 0 aromatic rings. The van der Waals surface area contributed by atoms with Gasteiger partial charge < -0.3 is 10.1 Å². The van der Waals surface area contributed by atoms with E-state index < -0.39 is 0 Å². The van der Waals surface area contributed by atoms with Crippen molar-refractivity contribution in [2.24, 2.45) is 5.92 Å². The van der Waals surface area contributed by atoms with Gasteiger partial charge in [0.2, 0.25) is 0 Å². The average Bonchev–Trinajstić information content (AvgIpc) is 2.04. The standard InChI is InChI=1S/C8H13NO2/c10-7-3-6-1-2-9-4-8(6)11-5-7/h6,8-9H,1-5H2. The van der Waals surface area contributed by atoms with Crippen molar-refractivity contribution in [3.8, 4) is 0 Å². The molecular weight excluding hydrogens is 142 g/mol. The molecule has 2 heterocycles. The molecule has 2 rings (SSSR count). The first-order chi connectivity index (χ1) is 5.36. The summed E-state index contributed by atoms with van der Waals surface area (Å²) in [6.07, 6.45) is 2.14. The van der Waals surface area contributed by atoms with Crippen LogP contribution in [0, 0.1) is 5.92 Å². The third kappa shape index (κ3) is 1.44. The van der Waals surface area contributed by atoms with Crippen LogP contribution >= 0.6 is 0 Å². The molecule has 0 aromatic carbocycles. The van der Waals surface area contributed by atoms with E-state index in [4.69, 9.17) is 4.74 Å². The van der Waals surface area contributed by atoms with E-state index in [-0.39, 0.29) is 5.78 Å². The SMILES string of the molecule is O=C1COC2CNCCC2C1. The second kappa shape index (κ2) is 2.91. The number of carbonyl (C=O) groups is 1. The zero-order valence-electron chi connectivity index (χ0n) is 6.51. The summed E-state index contributed by atoms with van der Waals surface area (Å²) in [5.41, 5.74) is 0. The van der Waals surface area contributed by atoms with Crippen LogP contribution in [0.5, 0.6) is 0 Å². The Labute approximate surface area is 66.1 Å². The van der Waals surface area contributed by atoms with Gasteiger partial charge in [0.05, 0.1) is 6.10 Å². The second-order valence-corrected chi connectivity index (χ2v) is 3.35. The number of nitrogens with one attached hydrogen (secondary N) is 1. The van der Waals surface area contributed by atoms with E-state index >= 15 is 0 Å². The van der Waals surface area contributed by atoms with E-state index in [0.717, 1.165) is 25.9 Å². The maximum Gasteiger partial charge on any atom is 0.158 e. The van der Waals surface area contributed by atoms with Crippen LogP contribution in [0.2, 0.25) is 0 Å². The smallest absolute Gasteiger partial charge is 0.158 e. The predicted molar refractivity (Wildman–Crippen MR) is 40.3 cm³/mol. The van der Waals surface area contributed by atoms with Crippen molar-refractivity contribution >= 4 is 5.78 Å². The number of hydrogen-bond donors (Lipinski definition) is 1. The first-order valence-electron chi connectivity index (χ1n) is 4.20. The fourth-order valence-corrected chi connectivity index (χ4v) is 1.86. The van der Waals surface area contributed by atoms with Crippen LogP contribution in [-0.4, -0.2) is 31.6 Å². The fraction of sp³-hybridized carbons (Fsp3) is 0.875. The van der Waals surface area contributed by atoms with Crippen molar-refractivity contribution in [2.45, 2.75) is 18.9 Å². The van der Waals surface area contributed by atoms with Crippen LogP contribution in [0.3, 0.4) is 0 Å².